The zero-order chi connectivity index (χ0) is 12.7. The van der Waals surface area contributed by atoms with E-state index in [0.29, 0.717) is 18.3 Å². The van der Waals surface area contributed by atoms with Crippen molar-refractivity contribution in [1.29, 1.82) is 0 Å². The Labute approximate surface area is 107 Å². The molecule has 1 aromatic carbocycles. The molecule has 3 rings (SSSR count). The first kappa shape index (κ1) is 11.5. The van der Waals surface area contributed by atoms with Crippen LogP contribution in [0, 0.1) is 11.7 Å². The molecule has 1 aromatic heterocycles. The second-order valence-electron chi connectivity index (χ2n) is 4.41. The Morgan fingerprint density at radius 3 is 3.00 bits per heavy atom. The highest BCUT2D eigenvalue weighted by molar-refractivity contribution is 6.28. The molecular formula is C12H10ClFN2O2. The van der Waals surface area contributed by atoms with E-state index in [1.807, 2.05) is 0 Å². The summed E-state index contributed by atoms with van der Waals surface area (Å²) in [5.41, 5.74) is -0.384. The Balaban J connectivity index is 2.04. The number of aromatic nitrogens is 2. The van der Waals surface area contributed by atoms with Gasteiger partial charge in [-0.2, -0.15) is 0 Å². The molecule has 4 nitrogen and oxygen atoms in total. The number of nitrogens with zero attached hydrogens (tertiary/aromatic N) is 1. The van der Waals surface area contributed by atoms with Gasteiger partial charge in [-0.15, -0.1) is 0 Å². The maximum absolute atomic E-state index is 13.8. The van der Waals surface area contributed by atoms with Crippen molar-refractivity contribution < 1.29 is 9.13 Å². The summed E-state index contributed by atoms with van der Waals surface area (Å²) in [5.74, 6) is 0.296. The van der Waals surface area contributed by atoms with Crippen molar-refractivity contribution in [3.63, 3.8) is 0 Å². The maximum atomic E-state index is 13.8. The molecule has 18 heavy (non-hydrogen) atoms. The molecule has 0 aliphatic heterocycles. The highest BCUT2D eigenvalue weighted by atomic mass is 35.5. The molecule has 0 atom stereocenters. The predicted molar refractivity (Wildman–Crippen MR) is 65.6 cm³/mol. The highest BCUT2D eigenvalue weighted by Crippen LogP contribution is 2.30. The van der Waals surface area contributed by atoms with Crippen molar-refractivity contribution in [1.82, 2.24) is 9.97 Å². The smallest absolute Gasteiger partial charge is 0.262 e. The minimum Gasteiger partial charge on any atom is -0.493 e. The Kier molecular flexibility index (Phi) is 2.70. The lowest BCUT2D eigenvalue weighted by Gasteiger charge is -2.06. The molecule has 2 aromatic rings. The molecule has 0 spiro atoms. The molecule has 1 N–H and O–H groups in total. The second-order valence-corrected chi connectivity index (χ2v) is 4.77. The van der Waals surface area contributed by atoms with Crippen LogP contribution in [0.3, 0.4) is 0 Å². The summed E-state index contributed by atoms with van der Waals surface area (Å²) in [6, 6.07) is 2.73. The number of hydrogen-bond donors (Lipinski definition) is 1. The number of fused-ring (bicyclic) bond motifs is 1. The van der Waals surface area contributed by atoms with Crippen LogP contribution in [0.1, 0.15) is 12.8 Å². The first-order valence-corrected chi connectivity index (χ1v) is 6.03. The van der Waals surface area contributed by atoms with Crippen LogP contribution in [-0.2, 0) is 0 Å². The molecule has 1 aliphatic carbocycles. The fraction of sp³-hybridized carbons (Fsp3) is 0.333. The van der Waals surface area contributed by atoms with Gasteiger partial charge in [0.25, 0.3) is 5.56 Å². The fourth-order valence-corrected chi connectivity index (χ4v) is 1.93. The van der Waals surface area contributed by atoms with Crippen LogP contribution < -0.4 is 10.3 Å². The molecule has 1 saturated carbocycles. The highest BCUT2D eigenvalue weighted by Gasteiger charge is 2.22. The van der Waals surface area contributed by atoms with E-state index in [9.17, 15) is 9.18 Å². The summed E-state index contributed by atoms with van der Waals surface area (Å²) >= 11 is 5.64. The van der Waals surface area contributed by atoms with Crippen LogP contribution in [0.15, 0.2) is 16.9 Å². The van der Waals surface area contributed by atoms with Crippen LogP contribution in [0.4, 0.5) is 4.39 Å². The van der Waals surface area contributed by atoms with Gasteiger partial charge in [-0.25, -0.2) is 9.37 Å². The van der Waals surface area contributed by atoms with E-state index in [4.69, 9.17) is 16.3 Å². The fourth-order valence-electron chi connectivity index (χ4n) is 1.75. The van der Waals surface area contributed by atoms with Gasteiger partial charge < -0.3 is 4.74 Å². The molecule has 6 heteroatoms. The van der Waals surface area contributed by atoms with Gasteiger partial charge in [0.15, 0.2) is 0 Å². The van der Waals surface area contributed by atoms with E-state index < -0.39 is 11.4 Å². The zero-order valence-corrected chi connectivity index (χ0v) is 10.1. The van der Waals surface area contributed by atoms with Crippen molar-refractivity contribution in [2.24, 2.45) is 5.92 Å². The monoisotopic (exact) mass is 268 g/mol. The second kappa shape index (κ2) is 4.24. The average molecular weight is 269 g/mol. The van der Waals surface area contributed by atoms with Gasteiger partial charge >= 0.3 is 0 Å². The average Bonchev–Trinajstić information content (AvgIpc) is 3.08. The van der Waals surface area contributed by atoms with E-state index in [1.165, 1.54) is 12.1 Å². The first-order chi connectivity index (χ1) is 8.63. The van der Waals surface area contributed by atoms with Gasteiger partial charge in [-0.05, 0) is 30.4 Å². The molecule has 0 amide bonds. The topological polar surface area (TPSA) is 55.0 Å². The zero-order valence-electron chi connectivity index (χ0n) is 9.37. The summed E-state index contributed by atoms with van der Waals surface area (Å²) in [5, 5.41) is -0.163. The van der Waals surface area contributed by atoms with E-state index in [-0.39, 0.29) is 16.2 Å². The van der Waals surface area contributed by atoms with Crippen LogP contribution in [-0.4, -0.2) is 16.6 Å². The van der Waals surface area contributed by atoms with Crippen LogP contribution >= 0.6 is 11.6 Å². The van der Waals surface area contributed by atoms with Crippen molar-refractivity contribution in [3.05, 3.63) is 33.6 Å². The van der Waals surface area contributed by atoms with Crippen molar-refractivity contribution >= 4 is 22.5 Å². The molecule has 1 heterocycles. The maximum Gasteiger partial charge on any atom is 0.262 e. The third-order valence-electron chi connectivity index (χ3n) is 2.89. The lowest BCUT2D eigenvalue weighted by molar-refractivity contribution is 0.299. The number of halogens is 2. The van der Waals surface area contributed by atoms with Gasteiger partial charge in [-0.3, -0.25) is 9.78 Å². The number of rotatable bonds is 3. The first-order valence-electron chi connectivity index (χ1n) is 5.65. The van der Waals surface area contributed by atoms with Crippen molar-refractivity contribution in [2.45, 2.75) is 12.8 Å². The molecule has 1 fully saturated rings. The van der Waals surface area contributed by atoms with Gasteiger partial charge in [0.1, 0.15) is 17.0 Å². The number of ether oxygens (including phenoxy) is 1. The predicted octanol–water partition coefficient (Wildman–Crippen LogP) is 2.50. The van der Waals surface area contributed by atoms with E-state index in [2.05, 4.69) is 9.97 Å². The Morgan fingerprint density at radius 1 is 1.50 bits per heavy atom. The minimum absolute atomic E-state index is 0.0637. The number of benzene rings is 1. The molecular weight excluding hydrogens is 259 g/mol. The summed E-state index contributed by atoms with van der Waals surface area (Å²) in [4.78, 5) is 17.7. The number of hydrogen-bond acceptors (Lipinski definition) is 3. The SMILES string of the molecule is O=c1[nH]c(Cl)nc2cc(OCC3CC3)cc(F)c12. The van der Waals surface area contributed by atoms with Crippen LogP contribution in [0.25, 0.3) is 10.9 Å². The number of nitrogens with one attached hydrogen (secondary N) is 1. The molecule has 0 radical (unpaired) electrons. The quantitative estimate of drug-likeness (QED) is 0.870. The Morgan fingerprint density at radius 2 is 2.28 bits per heavy atom. The van der Waals surface area contributed by atoms with E-state index in [1.54, 1.807) is 0 Å². The molecule has 94 valence electrons. The normalized spacial score (nSPS) is 15.0. The van der Waals surface area contributed by atoms with E-state index >= 15 is 0 Å². The molecule has 0 unspecified atom stereocenters. The van der Waals surface area contributed by atoms with Crippen molar-refractivity contribution in [3.8, 4) is 5.75 Å². The minimum atomic E-state index is -0.649. The Hall–Kier alpha value is -1.62. The van der Waals surface area contributed by atoms with Crippen molar-refractivity contribution in [2.75, 3.05) is 6.61 Å². The van der Waals surface area contributed by atoms with Gasteiger partial charge in [-0.1, -0.05) is 0 Å². The van der Waals surface area contributed by atoms with Gasteiger partial charge in [0.05, 0.1) is 12.1 Å². The Bertz CT molecular complexity index is 667. The van der Waals surface area contributed by atoms with Crippen LogP contribution in [0.5, 0.6) is 5.75 Å². The summed E-state index contributed by atoms with van der Waals surface area (Å²) in [6.07, 6.45) is 2.31. The molecule has 1 aliphatic rings. The van der Waals surface area contributed by atoms with E-state index in [0.717, 1.165) is 12.8 Å². The third kappa shape index (κ3) is 2.18. The summed E-state index contributed by atoms with van der Waals surface area (Å²) in [6.45, 7) is 0.571. The molecule has 0 saturated heterocycles. The van der Waals surface area contributed by atoms with Crippen LogP contribution in [0.2, 0.25) is 5.28 Å². The van der Waals surface area contributed by atoms with Gasteiger partial charge in [0, 0.05) is 12.1 Å². The summed E-state index contributed by atoms with van der Waals surface area (Å²) in [7, 11) is 0. The number of H-pyrrole nitrogens is 1. The largest absolute Gasteiger partial charge is 0.493 e. The lowest BCUT2D eigenvalue weighted by Crippen LogP contribution is -2.10. The molecule has 0 bridgehead atoms. The standard InChI is InChI=1S/C12H10ClFN2O2/c13-12-15-9-4-7(18-5-6-1-2-6)3-8(14)10(9)11(17)16-12/h3-4,6H,1-2,5H2,(H,15,16,17). The number of aromatic amines is 1. The van der Waals surface area contributed by atoms with Gasteiger partial charge in [0.2, 0.25) is 5.28 Å². The summed E-state index contributed by atoms with van der Waals surface area (Å²) < 4.78 is 19.3. The lowest BCUT2D eigenvalue weighted by atomic mass is 10.2. The third-order valence-corrected chi connectivity index (χ3v) is 3.07.